The molecule has 0 amide bonds. The molecule has 0 fully saturated rings. The molecule has 0 spiro atoms. The zero-order valence-corrected chi connectivity index (χ0v) is 12.3. The molecule has 0 saturated heterocycles. The lowest BCUT2D eigenvalue weighted by Crippen LogP contribution is -2.23. The van der Waals surface area contributed by atoms with Gasteiger partial charge in [-0.15, -0.1) is 0 Å². The highest BCUT2D eigenvalue weighted by Crippen LogP contribution is 2.25. The first-order valence-electron chi connectivity index (χ1n) is 6.99. The molecule has 0 aromatic rings. The molecule has 2 nitrogen and oxygen atoms in total. The molecule has 0 aliphatic carbocycles. The number of hydrogen-bond acceptors (Lipinski definition) is 2. The van der Waals surface area contributed by atoms with E-state index in [2.05, 4.69) is 0 Å². The van der Waals surface area contributed by atoms with Gasteiger partial charge in [0, 0.05) is 17.9 Å². The van der Waals surface area contributed by atoms with Crippen molar-refractivity contribution in [3.8, 4) is 0 Å². The minimum atomic E-state index is -0.559. The zero-order valence-electron chi connectivity index (χ0n) is 12.3. The lowest BCUT2D eigenvalue weighted by Gasteiger charge is -2.21. The average Bonchev–Trinajstić information content (AvgIpc) is 2.39. The van der Waals surface area contributed by atoms with Gasteiger partial charge < -0.3 is 5.11 Å². The van der Waals surface area contributed by atoms with Gasteiger partial charge in [-0.05, 0) is 24.7 Å². The van der Waals surface area contributed by atoms with E-state index >= 15 is 0 Å². The average molecular weight is 276 g/mol. The van der Waals surface area contributed by atoms with Crippen LogP contribution in [0.15, 0.2) is 11.8 Å². The molecule has 0 aromatic heterocycles. The normalized spacial score (nSPS) is 18.7. The summed E-state index contributed by atoms with van der Waals surface area (Å²) in [4.78, 5) is 12.0. The topological polar surface area (TPSA) is 37.3 Å². The smallest absolute Gasteiger partial charge is 0.162 e. The van der Waals surface area contributed by atoms with Crippen LogP contribution in [-0.4, -0.2) is 24.2 Å². The van der Waals surface area contributed by atoms with E-state index in [1.54, 1.807) is 13.8 Å². The Hall–Kier alpha value is -0.930. The van der Waals surface area contributed by atoms with Gasteiger partial charge in [0.25, 0.3) is 0 Å². The Morgan fingerprint density at radius 1 is 1.05 bits per heavy atom. The summed E-state index contributed by atoms with van der Waals surface area (Å²) < 4.78 is 25.3. The number of aliphatic hydroxyl groups excluding tert-OH is 1. The molecule has 0 aliphatic heterocycles. The van der Waals surface area contributed by atoms with Crippen LogP contribution in [0.1, 0.15) is 40.5 Å². The Labute approximate surface area is 114 Å². The summed E-state index contributed by atoms with van der Waals surface area (Å²) in [5.74, 6) is -1.82. The first kappa shape index (κ1) is 18.1. The minimum absolute atomic E-state index is 0.0813. The molecule has 0 rings (SSSR count). The van der Waals surface area contributed by atoms with Crippen molar-refractivity contribution in [1.29, 1.82) is 0 Å². The lowest BCUT2D eigenvalue weighted by atomic mass is 9.85. The van der Waals surface area contributed by atoms with Crippen molar-refractivity contribution < 1.29 is 18.7 Å². The van der Waals surface area contributed by atoms with Gasteiger partial charge in [-0.25, -0.2) is 0 Å². The van der Waals surface area contributed by atoms with Crippen molar-refractivity contribution in [3.05, 3.63) is 11.8 Å². The molecule has 0 radical (unpaired) electrons. The van der Waals surface area contributed by atoms with Crippen molar-refractivity contribution >= 4 is 5.78 Å². The first-order chi connectivity index (χ1) is 8.92. The van der Waals surface area contributed by atoms with Crippen molar-refractivity contribution in [2.24, 2.45) is 23.7 Å². The van der Waals surface area contributed by atoms with Crippen LogP contribution in [0, 0.1) is 23.7 Å². The Kier molecular flexibility index (Phi) is 8.61. The second-order valence-electron chi connectivity index (χ2n) is 5.26. The van der Waals surface area contributed by atoms with Crippen LogP contribution in [0.3, 0.4) is 0 Å². The molecule has 4 heteroatoms. The standard InChI is InChI=1S/C15H26F2O2/c1-5-12(10(3)8-16)14(18)7-15(19)13(6-2)11(4)9-17/h7,10-13,18H,5-6,8-9H2,1-4H3/b14-7-. The zero-order chi connectivity index (χ0) is 15.0. The summed E-state index contributed by atoms with van der Waals surface area (Å²) in [5, 5.41) is 9.96. The van der Waals surface area contributed by atoms with E-state index in [1.807, 2.05) is 13.8 Å². The predicted octanol–water partition coefficient (Wildman–Crippen LogP) is 4.26. The maximum Gasteiger partial charge on any atom is 0.162 e. The van der Waals surface area contributed by atoms with Crippen LogP contribution >= 0.6 is 0 Å². The molecule has 0 aromatic carbocycles. The Bertz CT molecular complexity index is 303. The Morgan fingerprint density at radius 3 is 1.84 bits per heavy atom. The molecule has 0 bridgehead atoms. The SMILES string of the molecule is CCC(C(=O)/C=C(\O)C(CC)C(C)CF)C(C)CF. The van der Waals surface area contributed by atoms with Crippen LogP contribution in [-0.2, 0) is 4.79 Å². The fourth-order valence-corrected chi connectivity index (χ4v) is 2.36. The number of carbonyl (C=O) groups is 1. The fourth-order valence-electron chi connectivity index (χ4n) is 2.36. The molecular weight excluding hydrogens is 250 g/mol. The summed E-state index contributed by atoms with van der Waals surface area (Å²) >= 11 is 0. The summed E-state index contributed by atoms with van der Waals surface area (Å²) in [6, 6.07) is 0. The van der Waals surface area contributed by atoms with E-state index in [0.717, 1.165) is 0 Å². The van der Waals surface area contributed by atoms with Crippen LogP contribution < -0.4 is 0 Å². The predicted molar refractivity (Wildman–Crippen MR) is 73.6 cm³/mol. The summed E-state index contributed by atoms with van der Waals surface area (Å²) in [6.45, 7) is 5.94. The molecule has 0 aliphatic rings. The van der Waals surface area contributed by atoms with Crippen LogP contribution in [0.4, 0.5) is 8.78 Å². The van der Waals surface area contributed by atoms with Gasteiger partial charge in [-0.3, -0.25) is 13.6 Å². The molecule has 19 heavy (non-hydrogen) atoms. The minimum Gasteiger partial charge on any atom is -0.512 e. The van der Waals surface area contributed by atoms with Gasteiger partial charge in [0.2, 0.25) is 0 Å². The second-order valence-corrected chi connectivity index (χ2v) is 5.26. The van der Waals surface area contributed by atoms with Crippen LogP contribution in [0.25, 0.3) is 0 Å². The molecule has 4 atom stereocenters. The van der Waals surface area contributed by atoms with E-state index in [-0.39, 0.29) is 29.3 Å². The number of hydrogen-bond donors (Lipinski definition) is 1. The van der Waals surface area contributed by atoms with Crippen molar-refractivity contribution in [3.63, 3.8) is 0 Å². The van der Waals surface area contributed by atoms with Gasteiger partial charge in [0.05, 0.1) is 19.1 Å². The maximum atomic E-state index is 12.7. The highest BCUT2D eigenvalue weighted by molar-refractivity contribution is 5.92. The van der Waals surface area contributed by atoms with Gasteiger partial charge in [-0.2, -0.15) is 0 Å². The molecule has 4 unspecified atom stereocenters. The third kappa shape index (κ3) is 5.29. The second kappa shape index (κ2) is 9.05. The molecule has 1 N–H and O–H groups in total. The van der Waals surface area contributed by atoms with Gasteiger partial charge in [0.1, 0.15) is 0 Å². The Morgan fingerprint density at radius 2 is 1.47 bits per heavy atom. The number of carbonyl (C=O) groups excluding carboxylic acids is 1. The molecular formula is C15H26F2O2. The number of halogens is 2. The highest BCUT2D eigenvalue weighted by Gasteiger charge is 2.25. The third-order valence-corrected chi connectivity index (χ3v) is 3.78. The van der Waals surface area contributed by atoms with E-state index in [1.165, 1.54) is 6.08 Å². The summed E-state index contributed by atoms with van der Waals surface area (Å²) in [7, 11) is 0. The number of aliphatic hydroxyl groups is 1. The molecule has 0 heterocycles. The Balaban J connectivity index is 4.94. The lowest BCUT2D eigenvalue weighted by molar-refractivity contribution is -0.120. The number of rotatable bonds is 9. The van der Waals surface area contributed by atoms with Crippen LogP contribution in [0.5, 0.6) is 0 Å². The third-order valence-electron chi connectivity index (χ3n) is 3.78. The summed E-state index contributed by atoms with van der Waals surface area (Å²) in [6.07, 6.45) is 2.26. The van der Waals surface area contributed by atoms with E-state index in [0.29, 0.717) is 12.8 Å². The highest BCUT2D eigenvalue weighted by atomic mass is 19.1. The van der Waals surface area contributed by atoms with Crippen molar-refractivity contribution in [1.82, 2.24) is 0 Å². The van der Waals surface area contributed by atoms with Crippen molar-refractivity contribution in [2.45, 2.75) is 40.5 Å². The van der Waals surface area contributed by atoms with E-state index < -0.39 is 19.3 Å². The van der Waals surface area contributed by atoms with Crippen molar-refractivity contribution in [2.75, 3.05) is 13.3 Å². The maximum absolute atomic E-state index is 12.7. The monoisotopic (exact) mass is 276 g/mol. The van der Waals surface area contributed by atoms with Gasteiger partial charge >= 0.3 is 0 Å². The molecule has 112 valence electrons. The van der Waals surface area contributed by atoms with Gasteiger partial charge in [-0.1, -0.05) is 27.7 Å². The van der Waals surface area contributed by atoms with E-state index in [4.69, 9.17) is 0 Å². The quantitative estimate of drug-likeness (QED) is 0.504. The van der Waals surface area contributed by atoms with Gasteiger partial charge in [0.15, 0.2) is 5.78 Å². The number of ketones is 1. The van der Waals surface area contributed by atoms with E-state index in [9.17, 15) is 18.7 Å². The van der Waals surface area contributed by atoms with Crippen LogP contribution in [0.2, 0.25) is 0 Å². The molecule has 0 saturated carbocycles. The first-order valence-corrected chi connectivity index (χ1v) is 6.99. The number of allylic oxidation sites excluding steroid dienone is 2. The number of alkyl halides is 2. The fraction of sp³-hybridized carbons (Fsp3) is 0.800. The summed E-state index contributed by atoms with van der Waals surface area (Å²) in [5.41, 5.74) is 0. The largest absolute Gasteiger partial charge is 0.512 e.